The molecule has 10 N–H and O–H groups in total. The number of rotatable bonds is 39. The monoisotopic (exact) mass is 1370 g/mol. The SMILES string of the molecule is CC[C@H](C)[C@@H]([C@@H](CC(=O)N1CCC[C@H]1[C@H](OC)[C@@H](C)C(=O)N[C@H](C)[C@@H](O)c1ccccc1)OC)N(C)C(=O)[C@@H](NC(=O)[C@H](C(C)C)N(C)C(=O)OC(C(=O)NC)c1ccc(NC(=O)[C@H](CCCNC(N)=O)NC(=O)[C@@H](NC(=O)CCCCCN2C(=O)C=CC2=O)C(C)C)cc1)C(C)C. The molecule has 13 atom stereocenters. The topological polar surface area (TPSA) is 376 Å². The highest BCUT2D eigenvalue weighted by Gasteiger charge is 2.44. The molecule has 0 saturated carbocycles. The summed E-state index contributed by atoms with van der Waals surface area (Å²) >= 11 is 0. The van der Waals surface area contributed by atoms with E-state index in [4.69, 9.17) is 19.9 Å². The van der Waals surface area contributed by atoms with Gasteiger partial charge in [0.25, 0.3) is 17.7 Å². The molecule has 13 amide bonds. The summed E-state index contributed by atoms with van der Waals surface area (Å²) in [7, 11) is 7.26. The number of unbranched alkanes of at least 4 members (excludes halogenated alkanes) is 2. The number of imide groups is 1. The van der Waals surface area contributed by atoms with E-state index in [9.17, 15) is 62.6 Å². The Balaban J connectivity index is 1.45. The van der Waals surface area contributed by atoms with Crippen LogP contribution in [0, 0.1) is 29.6 Å². The number of nitrogens with one attached hydrogen (secondary N) is 7. The van der Waals surface area contributed by atoms with Crippen molar-refractivity contribution in [2.24, 2.45) is 35.3 Å². The number of amides is 13. The van der Waals surface area contributed by atoms with Gasteiger partial charge in [0.2, 0.25) is 47.5 Å². The minimum atomic E-state index is -1.58. The number of anilines is 1. The van der Waals surface area contributed by atoms with Gasteiger partial charge in [0.05, 0.1) is 48.8 Å². The van der Waals surface area contributed by atoms with Gasteiger partial charge in [0.15, 0.2) is 0 Å². The molecule has 4 rings (SSSR count). The van der Waals surface area contributed by atoms with Crippen molar-refractivity contribution in [3.8, 4) is 0 Å². The number of primary amides is 1. The zero-order chi connectivity index (χ0) is 73.2. The smallest absolute Gasteiger partial charge is 0.411 e. The summed E-state index contributed by atoms with van der Waals surface area (Å²) in [5.74, 6) is -7.39. The highest BCUT2D eigenvalue weighted by Crippen LogP contribution is 2.31. The van der Waals surface area contributed by atoms with Crippen LogP contribution in [0.1, 0.15) is 157 Å². The van der Waals surface area contributed by atoms with Crippen molar-refractivity contribution in [1.82, 2.24) is 51.5 Å². The molecule has 544 valence electrons. The van der Waals surface area contributed by atoms with Crippen LogP contribution in [0.15, 0.2) is 66.7 Å². The van der Waals surface area contributed by atoms with Crippen molar-refractivity contribution >= 4 is 76.9 Å². The molecule has 2 aliphatic rings. The van der Waals surface area contributed by atoms with Gasteiger partial charge in [-0.25, -0.2) is 9.59 Å². The van der Waals surface area contributed by atoms with E-state index in [1.165, 1.54) is 69.6 Å². The van der Waals surface area contributed by atoms with Gasteiger partial charge in [-0.3, -0.25) is 57.7 Å². The largest absolute Gasteiger partial charge is 0.431 e. The summed E-state index contributed by atoms with van der Waals surface area (Å²) in [5.41, 5.74) is 6.29. The number of carbonyl (C=O) groups is 12. The Bertz CT molecular complexity index is 3040. The van der Waals surface area contributed by atoms with Gasteiger partial charge in [-0.05, 0) is 86.8 Å². The van der Waals surface area contributed by atoms with Crippen molar-refractivity contribution < 1.29 is 76.9 Å². The number of aliphatic hydroxyl groups is 1. The quantitative estimate of drug-likeness (QED) is 0.0331. The maximum Gasteiger partial charge on any atom is 0.411 e. The van der Waals surface area contributed by atoms with Gasteiger partial charge in [-0.2, -0.15) is 0 Å². The lowest BCUT2D eigenvalue weighted by atomic mass is 9.89. The number of methoxy groups -OCH3 is 2. The molecule has 0 radical (unpaired) electrons. The normalized spacial score (nSPS) is 17.4. The van der Waals surface area contributed by atoms with Crippen molar-refractivity contribution in [3.63, 3.8) is 0 Å². The molecule has 0 aliphatic carbocycles. The van der Waals surface area contributed by atoms with Gasteiger partial charge < -0.3 is 72.1 Å². The van der Waals surface area contributed by atoms with E-state index >= 15 is 0 Å². The Hall–Kier alpha value is -8.50. The van der Waals surface area contributed by atoms with E-state index < -0.39 is 138 Å². The van der Waals surface area contributed by atoms with Gasteiger partial charge in [-0.15, -0.1) is 0 Å². The Kier molecular flexibility index (Phi) is 33.3. The number of ether oxygens (including phenoxy) is 3. The highest BCUT2D eigenvalue weighted by atomic mass is 16.6. The first-order valence-corrected chi connectivity index (χ1v) is 34.0. The van der Waals surface area contributed by atoms with Crippen LogP contribution in [0.4, 0.5) is 15.3 Å². The lowest BCUT2D eigenvalue weighted by Gasteiger charge is -2.41. The van der Waals surface area contributed by atoms with Crippen molar-refractivity contribution in [1.29, 1.82) is 0 Å². The van der Waals surface area contributed by atoms with Gasteiger partial charge >= 0.3 is 12.1 Å². The number of hydrogen-bond donors (Lipinski definition) is 9. The lowest BCUT2D eigenvalue weighted by Crippen LogP contribution is -2.60. The second kappa shape index (κ2) is 39.8. The molecular formula is C70H108N12O16. The number of aliphatic hydroxyl groups excluding tert-OH is 1. The molecule has 2 aromatic rings. The molecule has 2 aliphatic heterocycles. The molecule has 1 unspecified atom stereocenters. The van der Waals surface area contributed by atoms with Crippen LogP contribution >= 0.6 is 0 Å². The van der Waals surface area contributed by atoms with Crippen LogP contribution in [0.5, 0.6) is 0 Å². The van der Waals surface area contributed by atoms with Crippen LogP contribution < -0.4 is 43.0 Å². The second-order valence-electron chi connectivity index (χ2n) is 26.5. The van der Waals surface area contributed by atoms with E-state index in [2.05, 4.69) is 37.2 Å². The molecule has 0 bridgehead atoms. The van der Waals surface area contributed by atoms with E-state index in [1.54, 1.807) is 79.5 Å². The first kappa shape index (κ1) is 81.9. The molecule has 98 heavy (non-hydrogen) atoms. The van der Waals surface area contributed by atoms with Crippen molar-refractivity contribution in [2.75, 3.05) is 60.3 Å². The molecule has 1 fully saturated rings. The molecule has 28 heteroatoms. The Morgan fingerprint density at radius 1 is 0.694 bits per heavy atom. The summed E-state index contributed by atoms with van der Waals surface area (Å²) in [6, 6.07) is 7.63. The van der Waals surface area contributed by atoms with E-state index in [1.807, 2.05) is 32.0 Å². The van der Waals surface area contributed by atoms with Crippen LogP contribution in [-0.2, 0) is 62.2 Å². The number of likely N-dealkylation sites (tertiary alicyclic amines) is 1. The maximum atomic E-state index is 14.9. The molecular weight excluding hydrogens is 1260 g/mol. The van der Waals surface area contributed by atoms with Crippen LogP contribution in [-0.4, -0.2) is 205 Å². The van der Waals surface area contributed by atoms with Crippen LogP contribution in [0.2, 0.25) is 0 Å². The maximum absolute atomic E-state index is 14.9. The average molecular weight is 1370 g/mol. The number of carbonyl (C=O) groups excluding carboxylic acids is 12. The predicted octanol–water partition coefficient (Wildman–Crippen LogP) is 4.36. The third kappa shape index (κ3) is 23.3. The summed E-state index contributed by atoms with van der Waals surface area (Å²) in [4.78, 5) is 167. The lowest BCUT2D eigenvalue weighted by molar-refractivity contribution is -0.148. The molecule has 1 saturated heterocycles. The fraction of sp³-hybridized carbons (Fsp3) is 0.629. The van der Waals surface area contributed by atoms with Crippen molar-refractivity contribution in [3.05, 3.63) is 77.9 Å². The summed E-state index contributed by atoms with van der Waals surface area (Å²) in [5, 5.41) is 30.0. The van der Waals surface area contributed by atoms with Crippen molar-refractivity contribution in [2.45, 2.75) is 200 Å². The zero-order valence-electron chi connectivity index (χ0n) is 59.7. The summed E-state index contributed by atoms with van der Waals surface area (Å²) < 4.78 is 17.9. The third-order valence-corrected chi connectivity index (χ3v) is 18.3. The number of nitrogens with zero attached hydrogens (tertiary/aromatic N) is 4. The van der Waals surface area contributed by atoms with Crippen LogP contribution in [0.25, 0.3) is 0 Å². The number of nitrogens with two attached hydrogens (primary N) is 1. The van der Waals surface area contributed by atoms with E-state index in [0.29, 0.717) is 50.6 Å². The average Bonchev–Trinajstić information content (AvgIpc) is 1.45. The Morgan fingerprint density at radius 2 is 1.33 bits per heavy atom. The minimum absolute atomic E-state index is 0.0273. The van der Waals surface area contributed by atoms with E-state index in [0.717, 1.165) is 9.80 Å². The Morgan fingerprint density at radius 3 is 1.89 bits per heavy atom. The molecule has 0 spiro atoms. The zero-order valence-corrected chi connectivity index (χ0v) is 59.7. The first-order valence-electron chi connectivity index (χ1n) is 34.0. The molecule has 28 nitrogen and oxygen atoms in total. The Labute approximate surface area is 576 Å². The first-order chi connectivity index (χ1) is 46.3. The minimum Gasteiger partial charge on any atom is -0.431 e. The number of urea groups is 1. The fourth-order valence-corrected chi connectivity index (χ4v) is 12.5. The molecule has 2 aromatic carbocycles. The van der Waals surface area contributed by atoms with Gasteiger partial charge in [0, 0.05) is 84.8 Å². The molecule has 0 aromatic heterocycles. The summed E-state index contributed by atoms with van der Waals surface area (Å²) in [6.45, 7) is 18.4. The van der Waals surface area contributed by atoms with Gasteiger partial charge in [-0.1, -0.05) is 118 Å². The molecule has 2 heterocycles. The van der Waals surface area contributed by atoms with E-state index in [-0.39, 0.29) is 79.6 Å². The standard InChI is InChI=1S/C70H108N12O16/c1-16-43(8)59(51(96-14)39-55(86)81-38-24-28-50(81)61(97-15)44(9)63(88)74-45(10)60(87)46-25-19-17-20-26-46)79(12)68(93)57(41(4)5)78-66(91)58(42(6)7)80(13)70(95)98-62(67(92)72-11)47-30-32-48(33-31-47)75-64(89)49(27-23-36-73-69(71)94)76-65(90)56(40(2)3)77-52(83)29-21-18-22-37-82-53(84)34-35-54(82)85/h17,19-20,25-26,30-35,40-45,49-51,56-62,87H,16,18,21-24,27-29,36-39H2,1-15H3,(H,72,92)(H,74,88)(H,75,89)(H,76,90)(H,77,83)(H,78,91)(H3,71,73,94)/t43-,44+,45+,49-,50-,51+,56-,57-,58-,59-,60+,61+,62?/m0/s1. The predicted molar refractivity (Wildman–Crippen MR) is 366 cm³/mol. The third-order valence-electron chi connectivity index (χ3n) is 18.3. The van der Waals surface area contributed by atoms with Crippen LogP contribution in [0.3, 0.4) is 0 Å². The second-order valence-corrected chi connectivity index (χ2v) is 26.5. The fourth-order valence-electron chi connectivity index (χ4n) is 12.5. The number of hydrogen-bond acceptors (Lipinski definition) is 16. The highest BCUT2D eigenvalue weighted by molar-refractivity contribution is 6.12. The number of benzene rings is 2. The summed E-state index contributed by atoms with van der Waals surface area (Å²) in [6.07, 6.45) is 0.739. The number of likely N-dealkylation sites (N-methyl/N-ethyl adjacent to an activating group) is 3. The van der Waals surface area contributed by atoms with Gasteiger partial charge in [0.1, 0.15) is 24.2 Å².